The minimum atomic E-state index is -0.817. The maximum atomic E-state index is 13.2. The number of hydrogen-bond donors (Lipinski definition) is 2. The maximum absolute atomic E-state index is 13.2. The molecule has 336 valence electrons. The van der Waals surface area contributed by atoms with Gasteiger partial charge in [-0.15, -0.1) is 0 Å². The first-order chi connectivity index (χ1) is 31.7. The van der Waals surface area contributed by atoms with E-state index in [4.69, 9.17) is 35.2 Å². The van der Waals surface area contributed by atoms with Gasteiger partial charge in [0, 0.05) is 57.1 Å². The van der Waals surface area contributed by atoms with Crippen LogP contribution < -0.4 is 40.1 Å². The number of aromatic nitrogens is 2. The number of carbonyl (C=O) groups is 2. The van der Waals surface area contributed by atoms with E-state index in [1.54, 1.807) is 37.3 Å². The van der Waals surface area contributed by atoms with Crippen LogP contribution in [0.4, 0.5) is 11.8 Å². The highest BCUT2D eigenvalue weighted by Crippen LogP contribution is 2.44. The predicted molar refractivity (Wildman–Crippen MR) is 249 cm³/mol. The van der Waals surface area contributed by atoms with E-state index in [1.165, 1.54) is 11.1 Å². The molecule has 10 rings (SSSR count). The largest absolute Gasteiger partial charge is 0.493 e. The fourth-order valence-corrected chi connectivity index (χ4v) is 9.68. The summed E-state index contributed by atoms with van der Waals surface area (Å²) in [5.74, 6) is 4.09. The first kappa shape index (κ1) is 43.2. The van der Waals surface area contributed by atoms with Crippen molar-refractivity contribution in [3.8, 4) is 28.7 Å². The van der Waals surface area contributed by atoms with Crippen LogP contribution in [0.25, 0.3) is 10.9 Å². The Labute approximate surface area is 379 Å². The van der Waals surface area contributed by atoms with Crippen molar-refractivity contribution in [1.29, 1.82) is 0 Å². The van der Waals surface area contributed by atoms with Gasteiger partial charge in [0.15, 0.2) is 23.0 Å². The smallest absolute Gasteiger partial charge is 0.267 e. The maximum Gasteiger partial charge on any atom is 0.267 e. The molecule has 0 saturated carbocycles. The molecular formula is C51H55N7O7. The molecule has 0 aliphatic carbocycles. The normalized spacial score (nSPS) is 18.0. The summed E-state index contributed by atoms with van der Waals surface area (Å²) in [5.41, 5.74) is 16.9. The first-order valence-corrected chi connectivity index (χ1v) is 22.2. The number of hydrogen-bond acceptors (Lipinski definition) is 12. The van der Waals surface area contributed by atoms with E-state index in [2.05, 4.69) is 33.1 Å². The van der Waals surface area contributed by atoms with E-state index in [-0.39, 0.29) is 24.3 Å². The van der Waals surface area contributed by atoms with Gasteiger partial charge in [0.05, 0.1) is 26.3 Å². The molecule has 0 radical (unpaired) electrons. The summed E-state index contributed by atoms with van der Waals surface area (Å²) in [7, 11) is 3.14. The van der Waals surface area contributed by atoms with Gasteiger partial charge in [-0.1, -0.05) is 84.9 Å². The molecule has 0 spiro atoms. The summed E-state index contributed by atoms with van der Waals surface area (Å²) < 4.78 is 27.9. The number of primary amides is 1. The Morgan fingerprint density at radius 3 is 2.14 bits per heavy atom. The van der Waals surface area contributed by atoms with Crippen LogP contribution in [0.5, 0.6) is 28.7 Å². The Morgan fingerprint density at radius 1 is 0.769 bits per heavy atom. The number of nitrogens with two attached hydrogens (primary N) is 2. The van der Waals surface area contributed by atoms with Crippen LogP contribution in [0.3, 0.4) is 0 Å². The van der Waals surface area contributed by atoms with Crippen molar-refractivity contribution >= 4 is 34.5 Å². The van der Waals surface area contributed by atoms with Crippen molar-refractivity contribution in [2.45, 2.75) is 30.8 Å². The number of nitrogens with zero attached hydrogens (tertiary/aromatic N) is 5. The number of likely N-dealkylation sites (tertiary alicyclic amines) is 1. The lowest BCUT2D eigenvalue weighted by molar-refractivity contribution is -0.141. The molecule has 2 amide bonds. The number of benzene rings is 5. The zero-order valence-corrected chi connectivity index (χ0v) is 36.9. The lowest BCUT2D eigenvalue weighted by atomic mass is 9.64. The van der Waals surface area contributed by atoms with Crippen molar-refractivity contribution in [2.24, 2.45) is 11.7 Å². The second-order valence-corrected chi connectivity index (χ2v) is 16.8. The monoisotopic (exact) mass is 877 g/mol. The van der Waals surface area contributed by atoms with Gasteiger partial charge in [0.2, 0.25) is 18.0 Å². The molecule has 4 aliphatic rings. The molecule has 5 aromatic carbocycles. The van der Waals surface area contributed by atoms with Crippen LogP contribution >= 0.6 is 0 Å². The third-order valence-electron chi connectivity index (χ3n) is 13.1. The molecule has 2 atom stereocenters. The van der Waals surface area contributed by atoms with E-state index in [0.29, 0.717) is 71.8 Å². The minimum absolute atomic E-state index is 0.0834. The number of methoxy groups -OCH3 is 2. The summed E-state index contributed by atoms with van der Waals surface area (Å²) in [6.45, 7) is 6.01. The van der Waals surface area contributed by atoms with Crippen molar-refractivity contribution in [3.63, 3.8) is 0 Å². The Hall–Kier alpha value is -7.06. The summed E-state index contributed by atoms with van der Waals surface area (Å²) in [6.07, 6.45) is 2.30. The average Bonchev–Trinajstić information content (AvgIpc) is 4.04. The van der Waals surface area contributed by atoms with Gasteiger partial charge in [-0.05, 0) is 71.8 Å². The average molecular weight is 878 g/mol. The molecule has 1 unspecified atom stereocenters. The van der Waals surface area contributed by atoms with Gasteiger partial charge < -0.3 is 49.9 Å². The highest BCUT2D eigenvalue weighted by molar-refractivity contribution is 5.92. The number of anilines is 2. The van der Waals surface area contributed by atoms with Gasteiger partial charge in [0.1, 0.15) is 23.6 Å². The number of rotatable bonds is 11. The third-order valence-corrected chi connectivity index (χ3v) is 13.1. The predicted octanol–water partition coefficient (Wildman–Crippen LogP) is 5.68. The minimum Gasteiger partial charge on any atom is -0.493 e. The molecule has 65 heavy (non-hydrogen) atoms. The number of ether oxygens (including phenoxy) is 5. The van der Waals surface area contributed by atoms with E-state index in [9.17, 15) is 9.59 Å². The van der Waals surface area contributed by atoms with Crippen LogP contribution in [0.2, 0.25) is 0 Å². The quantitative estimate of drug-likeness (QED) is 0.164. The van der Waals surface area contributed by atoms with E-state index >= 15 is 0 Å². The zero-order chi connectivity index (χ0) is 44.9. The lowest BCUT2D eigenvalue weighted by Crippen LogP contribution is -2.54. The number of carbonyl (C=O) groups excluding carboxylic acids is 2. The molecule has 5 heterocycles. The van der Waals surface area contributed by atoms with Gasteiger partial charge in [-0.2, -0.15) is 4.98 Å². The molecule has 2 fully saturated rings. The molecule has 6 aromatic rings. The Balaban J connectivity index is 0.000000164. The van der Waals surface area contributed by atoms with Crippen molar-refractivity contribution in [2.75, 3.05) is 83.9 Å². The number of fused-ring (bicyclic) bond motifs is 3. The number of para-hydroxylation sites is 2. The van der Waals surface area contributed by atoms with Gasteiger partial charge in [0.25, 0.3) is 5.91 Å². The van der Waals surface area contributed by atoms with Gasteiger partial charge >= 0.3 is 0 Å². The summed E-state index contributed by atoms with van der Waals surface area (Å²) in [5, 5.41) is 0.694. The van der Waals surface area contributed by atoms with Crippen LogP contribution in [-0.4, -0.2) is 111 Å². The molecule has 4 N–H and O–H groups in total. The van der Waals surface area contributed by atoms with Crippen molar-refractivity contribution in [1.82, 2.24) is 19.8 Å². The molecule has 14 heteroatoms. The molecular weight excluding hydrogens is 823 g/mol. The second kappa shape index (κ2) is 19.0. The Morgan fingerprint density at radius 2 is 1.45 bits per heavy atom. The van der Waals surface area contributed by atoms with Crippen LogP contribution in [-0.2, 0) is 27.8 Å². The zero-order valence-electron chi connectivity index (χ0n) is 36.9. The van der Waals surface area contributed by atoms with E-state index in [1.807, 2.05) is 83.8 Å². The number of nitrogen functional groups attached to an aromatic ring is 1. The van der Waals surface area contributed by atoms with Gasteiger partial charge in [-0.3, -0.25) is 9.59 Å². The molecule has 1 aromatic heterocycles. The van der Waals surface area contributed by atoms with Crippen molar-refractivity contribution in [3.05, 3.63) is 138 Å². The lowest BCUT2D eigenvalue weighted by Gasteiger charge is -2.37. The molecule has 2 saturated heterocycles. The Bertz CT molecular complexity index is 2600. The number of piperazine rings is 1. The summed E-state index contributed by atoms with van der Waals surface area (Å²) in [6, 6.07) is 37.7. The summed E-state index contributed by atoms with van der Waals surface area (Å²) >= 11 is 0. The fourth-order valence-electron chi connectivity index (χ4n) is 9.68. The first-order valence-electron chi connectivity index (χ1n) is 22.2. The topological polar surface area (TPSA) is 168 Å². The van der Waals surface area contributed by atoms with Crippen LogP contribution in [0.15, 0.2) is 115 Å². The molecule has 4 aliphatic heterocycles. The number of amides is 2. The fraction of sp³-hybridized carbons (Fsp3) is 0.333. The summed E-state index contributed by atoms with van der Waals surface area (Å²) in [4.78, 5) is 41.6. The van der Waals surface area contributed by atoms with Crippen molar-refractivity contribution < 1.29 is 33.3 Å². The SMILES string of the molecule is COc1cc2nc(N3CCN(C(=O)C4COc5ccccc5O4)CC3)nc(N)c2cc1OC.NC(=O)C(c1ccccc1)(c1ccccc1)[C@@H]1CCN(CCc2ccc3c(c2)CCO3)C1. The highest BCUT2D eigenvalue weighted by atomic mass is 16.6. The highest BCUT2D eigenvalue weighted by Gasteiger charge is 2.49. The molecule has 0 bridgehead atoms. The standard InChI is InChI=1S/C28H30N2O2.C23H25N5O5/c29-27(31)28(23-7-3-1-4-8-23,24-9-5-2-6-10-24)25-14-17-30(20-25)16-13-21-11-12-26-22(19-21)15-18-32-26;1-30-18-11-14-15(12-19(18)31-2)25-23(26-21(14)24)28-9-7-27(8-10-28)22(29)20-13-32-16-5-3-4-6-17(16)33-20/h1-12,19,25H,13-18,20H2,(H2,29,31);3-6,11-12,20H,7-10,13H2,1-2H3,(H2,24,25,26)/t25-;/m1./s1. The van der Waals surface area contributed by atoms with Gasteiger partial charge in [-0.25, -0.2) is 4.98 Å². The second-order valence-electron chi connectivity index (χ2n) is 16.8. The molecule has 14 nitrogen and oxygen atoms in total. The van der Waals surface area contributed by atoms with Crippen LogP contribution in [0, 0.1) is 5.92 Å². The van der Waals surface area contributed by atoms with E-state index < -0.39 is 11.5 Å². The third kappa shape index (κ3) is 8.78. The van der Waals surface area contributed by atoms with Crippen LogP contribution in [0.1, 0.15) is 28.7 Å². The Kier molecular flexibility index (Phi) is 12.6. The van der Waals surface area contributed by atoms with E-state index in [0.717, 1.165) is 62.4 Å².